The first-order valence-electron chi connectivity index (χ1n) is 11.7. The van der Waals surface area contributed by atoms with Gasteiger partial charge in [0.2, 0.25) is 0 Å². The Kier molecular flexibility index (Phi) is 9.27. The van der Waals surface area contributed by atoms with E-state index in [0.29, 0.717) is 18.8 Å². The van der Waals surface area contributed by atoms with E-state index in [-0.39, 0.29) is 24.6 Å². The largest absolute Gasteiger partial charge is 0.489 e. The van der Waals surface area contributed by atoms with Gasteiger partial charge in [0.05, 0.1) is 11.7 Å². The second-order valence-electron chi connectivity index (χ2n) is 8.70. The Balaban J connectivity index is 1.63. The Labute approximate surface area is 201 Å². The summed E-state index contributed by atoms with van der Waals surface area (Å²) in [6.07, 6.45) is 4.20. The molecule has 3 rings (SSSR count). The van der Waals surface area contributed by atoms with Crippen LogP contribution >= 0.6 is 0 Å². The number of methoxy groups -OCH3 is 2. The minimum atomic E-state index is -0.536. The molecule has 3 N–H and O–H groups in total. The lowest BCUT2D eigenvalue weighted by atomic mass is 9.78. The minimum Gasteiger partial charge on any atom is -0.489 e. The van der Waals surface area contributed by atoms with Crippen LogP contribution in [0.5, 0.6) is 5.75 Å². The third-order valence-corrected chi connectivity index (χ3v) is 6.55. The predicted octanol–water partition coefficient (Wildman–Crippen LogP) is 4.33. The molecule has 1 saturated carbocycles. The molecule has 7 nitrogen and oxygen atoms in total. The summed E-state index contributed by atoms with van der Waals surface area (Å²) in [5, 5.41) is 2.82. The molecule has 2 aromatic carbocycles. The molecule has 0 aromatic heterocycles. The van der Waals surface area contributed by atoms with Gasteiger partial charge in [0, 0.05) is 39.6 Å². The predicted molar refractivity (Wildman–Crippen MR) is 131 cm³/mol. The number of ether oxygens (including phenoxy) is 3. The van der Waals surface area contributed by atoms with Gasteiger partial charge in [-0.25, -0.2) is 9.18 Å². The van der Waals surface area contributed by atoms with Crippen molar-refractivity contribution in [3.63, 3.8) is 0 Å². The highest BCUT2D eigenvalue weighted by atomic mass is 19.1. The quantitative estimate of drug-likeness (QED) is 0.502. The highest BCUT2D eigenvalue weighted by Gasteiger charge is 2.37. The number of rotatable bonds is 10. The van der Waals surface area contributed by atoms with Crippen LogP contribution in [0, 0.1) is 5.82 Å². The molecule has 2 amide bonds. The lowest BCUT2D eigenvalue weighted by Gasteiger charge is -2.39. The Morgan fingerprint density at radius 3 is 2.50 bits per heavy atom. The number of amides is 2. The minimum absolute atomic E-state index is 0.184. The van der Waals surface area contributed by atoms with Gasteiger partial charge in [-0.15, -0.1) is 0 Å². The number of anilines is 1. The normalized spacial score (nSPS) is 20.1. The standard InChI is InChI=1S/C26H36FN3O4/c1-30(25(31)29-14-4-13-28)22-7-5-19(6-8-22)18-34-24-16-20(15-21(27)17-24)26(33-3)11-9-23(32-2)10-12-26/h5-8,15-17,23H,4,9-14,18,28H2,1-3H3,(H,29,31). The first kappa shape index (κ1) is 25.9. The lowest BCUT2D eigenvalue weighted by molar-refractivity contribution is -0.0764. The monoisotopic (exact) mass is 473 g/mol. The highest BCUT2D eigenvalue weighted by Crippen LogP contribution is 2.42. The SMILES string of the molecule is COC1CCC(OC)(c2cc(F)cc(OCc3ccc(N(C)C(=O)NCCCN)cc3)c2)CC1. The van der Waals surface area contributed by atoms with E-state index in [9.17, 15) is 9.18 Å². The van der Waals surface area contributed by atoms with Crippen molar-refractivity contribution in [1.29, 1.82) is 0 Å². The van der Waals surface area contributed by atoms with Crippen molar-refractivity contribution >= 4 is 11.7 Å². The van der Waals surface area contributed by atoms with Crippen molar-refractivity contribution in [3.05, 3.63) is 59.4 Å². The Morgan fingerprint density at radius 1 is 1.18 bits per heavy atom. The smallest absolute Gasteiger partial charge is 0.321 e. The van der Waals surface area contributed by atoms with E-state index in [1.165, 1.54) is 12.1 Å². The Hall–Kier alpha value is -2.68. The van der Waals surface area contributed by atoms with Crippen LogP contribution in [0.1, 0.15) is 43.2 Å². The lowest BCUT2D eigenvalue weighted by Crippen LogP contribution is -2.38. The van der Waals surface area contributed by atoms with Gasteiger partial charge in [0.25, 0.3) is 0 Å². The fourth-order valence-electron chi connectivity index (χ4n) is 4.33. The number of nitrogens with two attached hydrogens (primary N) is 1. The van der Waals surface area contributed by atoms with Gasteiger partial charge in [-0.3, -0.25) is 4.90 Å². The van der Waals surface area contributed by atoms with E-state index < -0.39 is 5.60 Å². The first-order valence-corrected chi connectivity index (χ1v) is 11.7. The number of nitrogens with one attached hydrogen (secondary N) is 1. The fraction of sp³-hybridized carbons (Fsp3) is 0.500. The van der Waals surface area contributed by atoms with E-state index in [0.717, 1.165) is 48.9 Å². The third kappa shape index (κ3) is 6.46. The van der Waals surface area contributed by atoms with Crippen molar-refractivity contribution in [2.24, 2.45) is 5.73 Å². The number of benzene rings is 2. The molecule has 2 aromatic rings. The van der Waals surface area contributed by atoms with Crippen molar-refractivity contribution in [3.8, 4) is 5.75 Å². The van der Waals surface area contributed by atoms with Crippen LogP contribution in [0.3, 0.4) is 0 Å². The zero-order chi connectivity index (χ0) is 24.6. The van der Waals surface area contributed by atoms with Gasteiger partial charge in [0.1, 0.15) is 18.2 Å². The van der Waals surface area contributed by atoms with Crippen molar-refractivity contribution in [2.45, 2.75) is 50.4 Å². The second kappa shape index (κ2) is 12.1. The summed E-state index contributed by atoms with van der Waals surface area (Å²) in [7, 11) is 5.11. The number of hydrogen-bond donors (Lipinski definition) is 2. The highest BCUT2D eigenvalue weighted by molar-refractivity contribution is 5.91. The van der Waals surface area contributed by atoms with Crippen molar-refractivity contribution < 1.29 is 23.4 Å². The number of carbonyl (C=O) groups is 1. The number of hydrogen-bond acceptors (Lipinski definition) is 5. The van der Waals surface area contributed by atoms with Gasteiger partial charge in [-0.2, -0.15) is 0 Å². The molecule has 0 spiro atoms. The summed E-state index contributed by atoms with van der Waals surface area (Å²) >= 11 is 0. The maximum absolute atomic E-state index is 14.5. The molecule has 0 bridgehead atoms. The summed E-state index contributed by atoms with van der Waals surface area (Å²) < 4.78 is 31.8. The van der Waals surface area contributed by atoms with Gasteiger partial charge in [0.15, 0.2) is 0 Å². The maximum Gasteiger partial charge on any atom is 0.321 e. The van der Waals surface area contributed by atoms with Crippen LogP contribution in [-0.2, 0) is 21.7 Å². The average Bonchev–Trinajstić information content (AvgIpc) is 2.87. The first-order chi connectivity index (χ1) is 16.4. The van der Waals surface area contributed by atoms with Crippen LogP contribution < -0.4 is 20.7 Å². The average molecular weight is 474 g/mol. The molecule has 0 heterocycles. The molecule has 0 aliphatic heterocycles. The molecular weight excluding hydrogens is 437 g/mol. The molecule has 1 aliphatic rings. The molecule has 0 unspecified atom stereocenters. The Morgan fingerprint density at radius 2 is 1.88 bits per heavy atom. The molecule has 1 fully saturated rings. The van der Waals surface area contributed by atoms with Crippen molar-refractivity contribution in [2.75, 3.05) is 39.3 Å². The third-order valence-electron chi connectivity index (χ3n) is 6.55. The fourth-order valence-corrected chi connectivity index (χ4v) is 4.33. The van der Waals surface area contributed by atoms with E-state index in [1.54, 1.807) is 26.2 Å². The molecule has 186 valence electrons. The van der Waals surface area contributed by atoms with Crippen LogP contribution in [-0.4, -0.2) is 46.5 Å². The van der Waals surface area contributed by atoms with E-state index in [4.69, 9.17) is 19.9 Å². The van der Waals surface area contributed by atoms with Crippen LogP contribution in [0.2, 0.25) is 0 Å². The van der Waals surface area contributed by atoms with E-state index >= 15 is 0 Å². The molecule has 8 heteroatoms. The Bertz CT molecular complexity index is 930. The summed E-state index contributed by atoms with van der Waals surface area (Å²) in [6, 6.07) is 12.1. The van der Waals surface area contributed by atoms with Crippen LogP contribution in [0.4, 0.5) is 14.9 Å². The number of carbonyl (C=O) groups excluding carboxylic acids is 1. The molecular formula is C26H36FN3O4. The second-order valence-corrected chi connectivity index (χ2v) is 8.70. The molecule has 0 radical (unpaired) electrons. The number of halogens is 1. The molecule has 0 saturated heterocycles. The summed E-state index contributed by atoms with van der Waals surface area (Å²) in [4.78, 5) is 13.7. The zero-order valence-corrected chi connectivity index (χ0v) is 20.3. The van der Waals surface area contributed by atoms with Crippen molar-refractivity contribution in [1.82, 2.24) is 5.32 Å². The van der Waals surface area contributed by atoms with E-state index in [2.05, 4.69) is 5.32 Å². The molecule has 1 aliphatic carbocycles. The number of nitrogens with zero attached hydrogens (tertiary/aromatic N) is 1. The van der Waals surface area contributed by atoms with Gasteiger partial charge in [-0.05, 0) is 74.0 Å². The summed E-state index contributed by atoms with van der Waals surface area (Å²) in [5.74, 6) is 0.108. The van der Waals surface area contributed by atoms with Crippen LogP contribution in [0.25, 0.3) is 0 Å². The summed E-state index contributed by atoms with van der Waals surface area (Å²) in [6.45, 7) is 1.35. The maximum atomic E-state index is 14.5. The van der Waals surface area contributed by atoms with Gasteiger partial charge in [-0.1, -0.05) is 12.1 Å². The van der Waals surface area contributed by atoms with E-state index in [1.807, 2.05) is 30.3 Å². The van der Waals surface area contributed by atoms with Crippen LogP contribution in [0.15, 0.2) is 42.5 Å². The van der Waals surface area contributed by atoms with Gasteiger partial charge >= 0.3 is 6.03 Å². The zero-order valence-electron chi connectivity index (χ0n) is 20.3. The molecule has 0 atom stereocenters. The topological polar surface area (TPSA) is 86.0 Å². The summed E-state index contributed by atoms with van der Waals surface area (Å²) in [5.41, 5.74) is 7.38. The number of urea groups is 1. The molecule has 34 heavy (non-hydrogen) atoms. The van der Waals surface area contributed by atoms with Gasteiger partial charge < -0.3 is 25.3 Å².